The summed E-state index contributed by atoms with van der Waals surface area (Å²) in [5.74, 6) is -0.300. The van der Waals surface area contributed by atoms with Crippen LogP contribution in [0.15, 0.2) is 47.5 Å². The molecular weight excluding hydrogens is 364 g/mol. The summed E-state index contributed by atoms with van der Waals surface area (Å²) in [5, 5.41) is 0.917. The van der Waals surface area contributed by atoms with Gasteiger partial charge in [0.25, 0.3) is 0 Å². The summed E-state index contributed by atoms with van der Waals surface area (Å²) >= 11 is 0. The number of hydrogen-bond donors (Lipinski definition) is 0. The van der Waals surface area contributed by atoms with Gasteiger partial charge in [-0.15, -0.1) is 0 Å². The van der Waals surface area contributed by atoms with Crippen LogP contribution in [0.3, 0.4) is 0 Å². The molecule has 0 fully saturated rings. The lowest BCUT2D eigenvalue weighted by molar-refractivity contribution is -0.139. The van der Waals surface area contributed by atoms with Crippen molar-refractivity contribution >= 4 is 26.8 Å². The molecule has 2 heterocycles. The van der Waals surface area contributed by atoms with Crippen molar-refractivity contribution in [3.8, 4) is 0 Å². The number of aromatic nitrogens is 2. The monoisotopic (exact) mass is 386 g/mol. The summed E-state index contributed by atoms with van der Waals surface area (Å²) in [6.07, 6.45) is 3.09. The van der Waals surface area contributed by atoms with Gasteiger partial charge in [-0.1, -0.05) is 12.1 Å². The minimum atomic E-state index is -3.24. The number of methoxy groups -OCH3 is 1. The average molecular weight is 386 g/mol. The van der Waals surface area contributed by atoms with Crippen LogP contribution in [-0.2, 0) is 25.8 Å². The Kier molecular flexibility index (Phi) is 5.06. The molecule has 0 saturated carbocycles. The molecule has 1 unspecified atom stereocenters. The third kappa shape index (κ3) is 3.60. The Labute approximate surface area is 158 Å². The molecule has 1 atom stereocenters. The number of nitrogens with zero attached hydrogens (tertiary/aromatic N) is 2. The zero-order valence-electron chi connectivity index (χ0n) is 15.8. The van der Waals surface area contributed by atoms with Gasteiger partial charge in [0.2, 0.25) is 0 Å². The molecule has 3 aromatic rings. The van der Waals surface area contributed by atoms with Crippen molar-refractivity contribution in [3.05, 3.63) is 59.4 Å². The highest BCUT2D eigenvalue weighted by molar-refractivity contribution is 7.90. The van der Waals surface area contributed by atoms with Crippen molar-refractivity contribution in [2.45, 2.75) is 31.2 Å². The lowest BCUT2D eigenvalue weighted by atomic mass is 10.1. The number of esters is 1. The number of benzene rings is 1. The molecule has 0 amide bonds. The maximum absolute atomic E-state index is 11.8. The molecule has 3 rings (SSSR count). The van der Waals surface area contributed by atoms with E-state index in [1.807, 2.05) is 38.1 Å². The first-order chi connectivity index (χ1) is 12.7. The van der Waals surface area contributed by atoms with Crippen LogP contribution < -0.4 is 0 Å². The quantitative estimate of drug-likeness (QED) is 0.630. The van der Waals surface area contributed by atoms with E-state index in [9.17, 15) is 13.2 Å². The Hall–Kier alpha value is -2.67. The highest BCUT2D eigenvalue weighted by Gasteiger charge is 2.21. The SMILES string of the molecule is COC(=O)Cc1c(C)n(C(C)c2ccc(S(C)(=O)=O)cc2)c2ncccc12. The van der Waals surface area contributed by atoms with Gasteiger partial charge in [0, 0.05) is 23.5 Å². The van der Waals surface area contributed by atoms with Crippen LogP contribution in [0.1, 0.15) is 29.8 Å². The highest BCUT2D eigenvalue weighted by atomic mass is 32.2. The first-order valence-electron chi connectivity index (χ1n) is 8.55. The molecule has 0 saturated heterocycles. The molecule has 7 heteroatoms. The van der Waals surface area contributed by atoms with Crippen molar-refractivity contribution < 1.29 is 17.9 Å². The zero-order chi connectivity index (χ0) is 19.8. The molecule has 142 valence electrons. The minimum Gasteiger partial charge on any atom is -0.469 e. The molecule has 0 N–H and O–H groups in total. The summed E-state index contributed by atoms with van der Waals surface area (Å²) in [5.41, 5.74) is 3.57. The molecule has 0 bridgehead atoms. The first kappa shape index (κ1) is 19.1. The van der Waals surface area contributed by atoms with Gasteiger partial charge in [-0.2, -0.15) is 0 Å². The molecule has 0 aliphatic heterocycles. The predicted octanol–water partition coefficient (Wildman–Crippen LogP) is 3.07. The molecule has 0 aliphatic rings. The predicted molar refractivity (Wildman–Crippen MR) is 104 cm³/mol. The van der Waals surface area contributed by atoms with Gasteiger partial charge in [0.1, 0.15) is 5.65 Å². The Balaban J connectivity index is 2.11. The van der Waals surface area contributed by atoms with E-state index < -0.39 is 9.84 Å². The third-order valence-electron chi connectivity index (χ3n) is 4.86. The highest BCUT2D eigenvalue weighted by Crippen LogP contribution is 2.31. The number of hydrogen-bond acceptors (Lipinski definition) is 5. The van der Waals surface area contributed by atoms with Gasteiger partial charge in [-0.25, -0.2) is 13.4 Å². The molecule has 27 heavy (non-hydrogen) atoms. The fourth-order valence-electron chi connectivity index (χ4n) is 3.38. The number of carbonyl (C=O) groups is 1. The normalized spacial score (nSPS) is 12.9. The van der Waals surface area contributed by atoms with Gasteiger partial charge in [-0.05, 0) is 49.2 Å². The summed E-state index contributed by atoms with van der Waals surface area (Å²) < 4.78 is 30.3. The fraction of sp³-hybridized carbons (Fsp3) is 0.300. The van der Waals surface area contributed by atoms with E-state index in [1.165, 1.54) is 13.4 Å². The second kappa shape index (κ2) is 7.15. The average Bonchev–Trinajstić information content (AvgIpc) is 2.92. The summed E-state index contributed by atoms with van der Waals surface area (Å²) in [6.45, 7) is 3.99. The molecular formula is C20H22N2O4S. The van der Waals surface area contributed by atoms with E-state index in [1.54, 1.807) is 18.3 Å². The summed E-state index contributed by atoms with van der Waals surface area (Å²) in [6, 6.07) is 10.6. The standard InChI is InChI=1S/C20H22N2O4S/c1-13(15-7-9-16(10-8-15)27(4,24)25)22-14(2)18(12-19(23)26-3)17-6-5-11-21-20(17)22/h5-11,13H,12H2,1-4H3. The maximum atomic E-state index is 11.8. The van der Waals surface area contributed by atoms with E-state index in [-0.39, 0.29) is 23.3 Å². The molecule has 2 aromatic heterocycles. The molecule has 0 aliphatic carbocycles. The Morgan fingerprint density at radius 1 is 1.22 bits per heavy atom. The van der Waals surface area contributed by atoms with Crippen molar-refractivity contribution in [2.75, 3.05) is 13.4 Å². The first-order valence-corrected chi connectivity index (χ1v) is 10.4. The van der Waals surface area contributed by atoms with E-state index in [0.29, 0.717) is 0 Å². The number of ether oxygens (including phenoxy) is 1. The van der Waals surface area contributed by atoms with Crippen LogP contribution in [0.2, 0.25) is 0 Å². The van der Waals surface area contributed by atoms with Crippen LogP contribution in [0.5, 0.6) is 0 Å². The van der Waals surface area contributed by atoms with Crippen molar-refractivity contribution in [1.29, 1.82) is 0 Å². The summed E-state index contributed by atoms with van der Waals surface area (Å²) in [4.78, 5) is 16.7. The molecule has 0 radical (unpaired) electrons. The van der Waals surface area contributed by atoms with Crippen molar-refractivity contribution in [3.63, 3.8) is 0 Å². The molecule has 1 aromatic carbocycles. The Morgan fingerprint density at radius 3 is 2.48 bits per heavy atom. The lowest BCUT2D eigenvalue weighted by Crippen LogP contribution is -2.11. The van der Waals surface area contributed by atoms with Crippen LogP contribution >= 0.6 is 0 Å². The number of pyridine rings is 1. The van der Waals surface area contributed by atoms with Gasteiger partial charge >= 0.3 is 5.97 Å². The van der Waals surface area contributed by atoms with Crippen LogP contribution in [0, 0.1) is 6.92 Å². The van der Waals surface area contributed by atoms with E-state index in [4.69, 9.17) is 4.74 Å². The topological polar surface area (TPSA) is 78.3 Å². The largest absolute Gasteiger partial charge is 0.469 e. The molecule has 6 nitrogen and oxygen atoms in total. The Morgan fingerprint density at radius 2 is 1.89 bits per heavy atom. The van der Waals surface area contributed by atoms with Crippen LogP contribution in [0.25, 0.3) is 11.0 Å². The third-order valence-corrected chi connectivity index (χ3v) is 5.99. The van der Waals surface area contributed by atoms with Gasteiger partial charge in [-0.3, -0.25) is 4.79 Å². The smallest absolute Gasteiger partial charge is 0.310 e. The second-order valence-electron chi connectivity index (χ2n) is 6.58. The minimum absolute atomic E-state index is 0.0811. The van der Waals surface area contributed by atoms with Crippen molar-refractivity contribution in [1.82, 2.24) is 9.55 Å². The van der Waals surface area contributed by atoms with E-state index >= 15 is 0 Å². The Bertz CT molecular complexity index is 1100. The lowest BCUT2D eigenvalue weighted by Gasteiger charge is -2.18. The van der Waals surface area contributed by atoms with Crippen LogP contribution in [-0.4, -0.2) is 37.3 Å². The van der Waals surface area contributed by atoms with E-state index in [2.05, 4.69) is 9.55 Å². The zero-order valence-corrected chi connectivity index (χ0v) is 16.6. The van der Waals surface area contributed by atoms with Crippen LogP contribution in [0.4, 0.5) is 0 Å². The van der Waals surface area contributed by atoms with Crippen molar-refractivity contribution in [2.24, 2.45) is 0 Å². The number of sulfone groups is 1. The number of fused-ring (bicyclic) bond motifs is 1. The second-order valence-corrected chi connectivity index (χ2v) is 8.59. The van der Waals surface area contributed by atoms with Gasteiger partial charge < -0.3 is 9.30 Å². The van der Waals surface area contributed by atoms with Gasteiger partial charge in [0.05, 0.1) is 24.5 Å². The molecule has 0 spiro atoms. The summed E-state index contributed by atoms with van der Waals surface area (Å²) in [7, 11) is -1.86. The fourth-order valence-corrected chi connectivity index (χ4v) is 4.01. The van der Waals surface area contributed by atoms with E-state index in [0.717, 1.165) is 27.9 Å². The maximum Gasteiger partial charge on any atom is 0.310 e. The van der Waals surface area contributed by atoms with Gasteiger partial charge in [0.15, 0.2) is 9.84 Å². The number of carbonyl (C=O) groups excluding carboxylic acids is 1. The number of rotatable bonds is 5.